The summed E-state index contributed by atoms with van der Waals surface area (Å²) in [5, 5.41) is 17.9. The average Bonchev–Trinajstić information content (AvgIpc) is 2.26. The minimum Gasteiger partial charge on any atom is -0.496 e. The van der Waals surface area contributed by atoms with Crippen molar-refractivity contribution in [2.75, 3.05) is 14.2 Å². The van der Waals surface area contributed by atoms with Crippen molar-refractivity contribution in [3.63, 3.8) is 0 Å². The van der Waals surface area contributed by atoms with E-state index < -0.39 is 5.97 Å². The number of carboxylic acid groups (broad SMARTS) is 1. The van der Waals surface area contributed by atoms with Gasteiger partial charge in [0.15, 0.2) is 0 Å². The molecule has 1 aromatic rings. The normalized spacial score (nSPS) is 9.80. The average molecular weight is 212 g/mol. The van der Waals surface area contributed by atoms with Gasteiger partial charge in [0.25, 0.3) is 0 Å². The molecule has 5 nitrogen and oxygen atoms in total. The van der Waals surface area contributed by atoms with Gasteiger partial charge in [-0.2, -0.15) is 0 Å². The van der Waals surface area contributed by atoms with E-state index in [4.69, 9.17) is 19.7 Å². The molecule has 0 atom stereocenters. The largest absolute Gasteiger partial charge is 0.496 e. The van der Waals surface area contributed by atoms with Crippen LogP contribution in [0.2, 0.25) is 0 Å². The first-order valence-electron chi connectivity index (χ1n) is 4.23. The standard InChI is InChI=1S/C10H12O5/c1-14-7-3-6(5-11)4-8(15-2)9(7)10(12)13/h3-4,11H,5H2,1-2H3,(H,12,13). The summed E-state index contributed by atoms with van der Waals surface area (Å²) in [6.07, 6.45) is 0. The zero-order chi connectivity index (χ0) is 11.4. The molecule has 0 bridgehead atoms. The minimum atomic E-state index is -1.13. The number of carboxylic acids is 1. The molecule has 0 radical (unpaired) electrons. The van der Waals surface area contributed by atoms with Crippen LogP contribution >= 0.6 is 0 Å². The van der Waals surface area contributed by atoms with Crippen molar-refractivity contribution in [3.8, 4) is 11.5 Å². The van der Waals surface area contributed by atoms with Crippen molar-refractivity contribution in [2.24, 2.45) is 0 Å². The molecule has 0 heterocycles. The molecule has 2 N–H and O–H groups in total. The van der Waals surface area contributed by atoms with E-state index in [9.17, 15) is 4.79 Å². The Morgan fingerprint density at radius 1 is 1.27 bits per heavy atom. The van der Waals surface area contributed by atoms with Gasteiger partial charge in [-0.1, -0.05) is 0 Å². The van der Waals surface area contributed by atoms with E-state index in [1.165, 1.54) is 26.4 Å². The lowest BCUT2D eigenvalue weighted by Crippen LogP contribution is -2.05. The van der Waals surface area contributed by atoms with Gasteiger partial charge in [0.2, 0.25) is 0 Å². The summed E-state index contributed by atoms with van der Waals surface area (Å²) in [6.45, 7) is -0.202. The molecule has 0 spiro atoms. The third kappa shape index (κ3) is 2.19. The van der Waals surface area contributed by atoms with Crippen molar-refractivity contribution < 1.29 is 24.5 Å². The van der Waals surface area contributed by atoms with Crippen LogP contribution in [0, 0.1) is 0 Å². The first kappa shape index (κ1) is 11.3. The number of aliphatic hydroxyl groups excluding tert-OH is 1. The Morgan fingerprint density at radius 3 is 2.00 bits per heavy atom. The summed E-state index contributed by atoms with van der Waals surface area (Å²) in [7, 11) is 2.73. The quantitative estimate of drug-likeness (QED) is 0.775. The molecule has 0 amide bonds. The van der Waals surface area contributed by atoms with Crippen molar-refractivity contribution in [3.05, 3.63) is 23.3 Å². The van der Waals surface area contributed by atoms with Crippen molar-refractivity contribution in [2.45, 2.75) is 6.61 Å². The molecular weight excluding hydrogens is 200 g/mol. The van der Waals surface area contributed by atoms with Gasteiger partial charge in [-0.3, -0.25) is 0 Å². The molecule has 0 saturated heterocycles. The molecule has 0 aliphatic heterocycles. The second-order valence-electron chi connectivity index (χ2n) is 2.84. The highest BCUT2D eigenvalue weighted by Gasteiger charge is 2.18. The molecular formula is C10H12O5. The Balaban J connectivity index is 3.39. The maximum atomic E-state index is 10.9. The lowest BCUT2D eigenvalue weighted by molar-refractivity contribution is 0.0689. The molecule has 0 fully saturated rings. The highest BCUT2D eigenvalue weighted by molar-refractivity contribution is 5.94. The lowest BCUT2D eigenvalue weighted by Gasteiger charge is -2.11. The summed E-state index contributed by atoms with van der Waals surface area (Å²) in [5.74, 6) is -0.787. The molecule has 0 aromatic heterocycles. The summed E-state index contributed by atoms with van der Waals surface area (Å²) < 4.78 is 9.84. The van der Waals surface area contributed by atoms with Crippen LogP contribution < -0.4 is 9.47 Å². The zero-order valence-corrected chi connectivity index (χ0v) is 8.48. The summed E-state index contributed by atoms with van der Waals surface area (Å²) in [4.78, 5) is 10.9. The number of aromatic carboxylic acids is 1. The molecule has 1 rings (SSSR count). The van der Waals surface area contributed by atoms with E-state index in [0.29, 0.717) is 5.56 Å². The summed E-state index contributed by atoms with van der Waals surface area (Å²) >= 11 is 0. The number of rotatable bonds is 4. The topological polar surface area (TPSA) is 76.0 Å². The van der Waals surface area contributed by atoms with E-state index in [1.807, 2.05) is 0 Å². The van der Waals surface area contributed by atoms with Gasteiger partial charge in [0.1, 0.15) is 17.1 Å². The fourth-order valence-corrected chi connectivity index (χ4v) is 1.27. The minimum absolute atomic E-state index is 0.0443. The molecule has 0 aliphatic rings. The fraction of sp³-hybridized carbons (Fsp3) is 0.300. The van der Waals surface area contributed by atoms with Crippen LogP contribution in [0.5, 0.6) is 11.5 Å². The van der Waals surface area contributed by atoms with Crippen LogP contribution in [0.4, 0.5) is 0 Å². The summed E-state index contributed by atoms with van der Waals surface area (Å²) in [6, 6.07) is 2.93. The lowest BCUT2D eigenvalue weighted by atomic mass is 10.1. The zero-order valence-electron chi connectivity index (χ0n) is 8.48. The Morgan fingerprint density at radius 2 is 1.73 bits per heavy atom. The molecule has 0 unspecified atom stereocenters. The van der Waals surface area contributed by atoms with Gasteiger partial charge in [0.05, 0.1) is 20.8 Å². The number of aliphatic hydroxyl groups is 1. The van der Waals surface area contributed by atoms with Crippen molar-refractivity contribution >= 4 is 5.97 Å². The highest BCUT2D eigenvalue weighted by atomic mass is 16.5. The van der Waals surface area contributed by atoms with Crippen LogP contribution in [0.25, 0.3) is 0 Å². The summed E-state index contributed by atoms with van der Waals surface area (Å²) in [5.41, 5.74) is 0.492. The Labute approximate surface area is 86.9 Å². The molecule has 0 saturated carbocycles. The van der Waals surface area contributed by atoms with Crippen LogP contribution in [0.3, 0.4) is 0 Å². The van der Waals surface area contributed by atoms with E-state index >= 15 is 0 Å². The number of benzene rings is 1. The third-order valence-electron chi connectivity index (χ3n) is 1.96. The van der Waals surface area contributed by atoms with E-state index in [0.717, 1.165) is 0 Å². The monoisotopic (exact) mass is 212 g/mol. The predicted octanol–water partition coefficient (Wildman–Crippen LogP) is 0.894. The molecule has 1 aromatic carbocycles. The SMILES string of the molecule is COc1cc(CO)cc(OC)c1C(=O)O. The van der Waals surface area contributed by atoms with Gasteiger partial charge < -0.3 is 19.7 Å². The van der Waals surface area contributed by atoms with Crippen LogP contribution in [0.1, 0.15) is 15.9 Å². The molecule has 5 heteroatoms. The van der Waals surface area contributed by atoms with Crippen molar-refractivity contribution in [1.82, 2.24) is 0 Å². The smallest absolute Gasteiger partial charge is 0.343 e. The Bertz CT molecular complexity index is 347. The Kier molecular flexibility index (Phi) is 3.51. The second-order valence-corrected chi connectivity index (χ2v) is 2.84. The van der Waals surface area contributed by atoms with Crippen molar-refractivity contribution in [1.29, 1.82) is 0 Å². The first-order chi connectivity index (χ1) is 7.13. The van der Waals surface area contributed by atoms with E-state index in [-0.39, 0.29) is 23.7 Å². The second kappa shape index (κ2) is 4.65. The number of hydrogen-bond acceptors (Lipinski definition) is 4. The highest BCUT2D eigenvalue weighted by Crippen LogP contribution is 2.30. The van der Waals surface area contributed by atoms with Gasteiger partial charge in [0, 0.05) is 0 Å². The van der Waals surface area contributed by atoms with Gasteiger partial charge in [-0.05, 0) is 17.7 Å². The molecule has 0 aliphatic carbocycles. The maximum Gasteiger partial charge on any atom is 0.343 e. The first-order valence-corrected chi connectivity index (χ1v) is 4.23. The van der Waals surface area contributed by atoms with E-state index in [2.05, 4.69) is 0 Å². The Hall–Kier alpha value is -1.75. The number of ether oxygens (including phenoxy) is 2. The van der Waals surface area contributed by atoms with Crippen LogP contribution in [-0.4, -0.2) is 30.4 Å². The fourth-order valence-electron chi connectivity index (χ4n) is 1.27. The van der Waals surface area contributed by atoms with Gasteiger partial charge >= 0.3 is 5.97 Å². The van der Waals surface area contributed by atoms with Crippen LogP contribution in [0.15, 0.2) is 12.1 Å². The van der Waals surface area contributed by atoms with Gasteiger partial charge in [-0.25, -0.2) is 4.79 Å². The maximum absolute atomic E-state index is 10.9. The van der Waals surface area contributed by atoms with Gasteiger partial charge in [-0.15, -0.1) is 0 Å². The molecule has 82 valence electrons. The number of hydrogen-bond donors (Lipinski definition) is 2. The van der Waals surface area contributed by atoms with E-state index in [1.54, 1.807) is 0 Å². The van der Waals surface area contributed by atoms with Crippen LogP contribution in [-0.2, 0) is 6.61 Å². The molecule has 15 heavy (non-hydrogen) atoms. The number of carbonyl (C=O) groups is 1. The predicted molar refractivity (Wildman–Crippen MR) is 52.4 cm³/mol. The third-order valence-corrected chi connectivity index (χ3v) is 1.96. The number of methoxy groups -OCH3 is 2.